The first-order chi connectivity index (χ1) is 6.32. The molecule has 0 fully saturated rings. The molecular formula is C11H15ClFN. The standard InChI is InChI=1S/C11H15ClFN/c1-11(2,3)10(14)8-5-4-7(12)6-9(8)13/h4-6,10H,14H2,1-3H3/t10-/m1/s1. The molecule has 0 bridgehead atoms. The molecule has 1 rings (SSSR count). The summed E-state index contributed by atoms with van der Waals surface area (Å²) in [7, 11) is 0. The fraction of sp³-hybridized carbons (Fsp3) is 0.455. The quantitative estimate of drug-likeness (QED) is 0.762. The molecule has 3 heteroatoms. The summed E-state index contributed by atoms with van der Waals surface area (Å²) in [6.07, 6.45) is 0. The summed E-state index contributed by atoms with van der Waals surface area (Å²) in [5.74, 6) is -0.333. The van der Waals surface area contributed by atoms with Gasteiger partial charge in [0.25, 0.3) is 0 Å². The van der Waals surface area contributed by atoms with Crippen LogP contribution in [0.3, 0.4) is 0 Å². The van der Waals surface area contributed by atoms with E-state index in [1.165, 1.54) is 6.07 Å². The lowest BCUT2D eigenvalue weighted by atomic mass is 9.83. The number of nitrogens with two attached hydrogens (primary N) is 1. The molecule has 0 heterocycles. The fourth-order valence-corrected chi connectivity index (χ4v) is 1.38. The van der Waals surface area contributed by atoms with Gasteiger partial charge in [0.05, 0.1) is 0 Å². The highest BCUT2D eigenvalue weighted by atomic mass is 35.5. The zero-order valence-electron chi connectivity index (χ0n) is 8.64. The minimum Gasteiger partial charge on any atom is -0.323 e. The first kappa shape index (κ1) is 11.5. The van der Waals surface area contributed by atoms with Crippen molar-refractivity contribution in [1.29, 1.82) is 0 Å². The van der Waals surface area contributed by atoms with E-state index in [0.717, 1.165) is 0 Å². The van der Waals surface area contributed by atoms with Crippen LogP contribution in [-0.4, -0.2) is 0 Å². The SMILES string of the molecule is CC(C)(C)[C@H](N)c1ccc(Cl)cc1F. The number of rotatable bonds is 1. The molecule has 0 saturated heterocycles. The summed E-state index contributed by atoms with van der Waals surface area (Å²) in [6, 6.07) is 4.28. The molecule has 2 N–H and O–H groups in total. The van der Waals surface area contributed by atoms with Crippen LogP contribution in [0.5, 0.6) is 0 Å². The van der Waals surface area contributed by atoms with E-state index >= 15 is 0 Å². The molecule has 0 saturated carbocycles. The lowest BCUT2D eigenvalue weighted by molar-refractivity contribution is 0.319. The van der Waals surface area contributed by atoms with Crippen molar-refractivity contribution in [2.75, 3.05) is 0 Å². The highest BCUT2D eigenvalue weighted by molar-refractivity contribution is 6.30. The van der Waals surface area contributed by atoms with Gasteiger partial charge in [0.15, 0.2) is 0 Å². The first-order valence-electron chi connectivity index (χ1n) is 4.53. The molecule has 0 aliphatic carbocycles. The Hall–Kier alpha value is -0.600. The van der Waals surface area contributed by atoms with E-state index in [4.69, 9.17) is 17.3 Å². The van der Waals surface area contributed by atoms with Crippen LogP contribution in [0, 0.1) is 11.2 Å². The smallest absolute Gasteiger partial charge is 0.129 e. The second-order valence-electron chi connectivity index (χ2n) is 4.51. The van der Waals surface area contributed by atoms with E-state index in [9.17, 15) is 4.39 Å². The predicted molar refractivity (Wildman–Crippen MR) is 57.8 cm³/mol. The van der Waals surface area contributed by atoms with Crippen molar-refractivity contribution in [3.05, 3.63) is 34.6 Å². The van der Waals surface area contributed by atoms with Gasteiger partial charge in [0, 0.05) is 16.6 Å². The Bertz CT molecular complexity index is 331. The summed E-state index contributed by atoms with van der Waals surface area (Å²) in [5, 5.41) is 0.396. The largest absolute Gasteiger partial charge is 0.323 e. The Balaban J connectivity index is 3.08. The Morgan fingerprint density at radius 1 is 1.36 bits per heavy atom. The third kappa shape index (κ3) is 2.46. The van der Waals surface area contributed by atoms with Crippen LogP contribution < -0.4 is 5.73 Å². The minimum atomic E-state index is -0.333. The van der Waals surface area contributed by atoms with Crippen molar-refractivity contribution >= 4 is 11.6 Å². The van der Waals surface area contributed by atoms with Crippen molar-refractivity contribution in [2.24, 2.45) is 11.1 Å². The van der Waals surface area contributed by atoms with Crippen LogP contribution in [0.25, 0.3) is 0 Å². The summed E-state index contributed by atoms with van der Waals surface area (Å²) >= 11 is 5.66. The van der Waals surface area contributed by atoms with E-state index in [1.807, 2.05) is 20.8 Å². The average Bonchev–Trinajstić information content (AvgIpc) is 2.01. The molecular weight excluding hydrogens is 201 g/mol. The van der Waals surface area contributed by atoms with Crippen molar-refractivity contribution < 1.29 is 4.39 Å². The Labute approximate surface area is 89.1 Å². The number of halogens is 2. The summed E-state index contributed by atoms with van der Waals surface area (Å²) < 4.78 is 13.5. The fourth-order valence-electron chi connectivity index (χ4n) is 1.22. The molecule has 0 amide bonds. The first-order valence-corrected chi connectivity index (χ1v) is 4.90. The van der Waals surface area contributed by atoms with Crippen LogP contribution >= 0.6 is 11.6 Å². The molecule has 1 aromatic carbocycles. The van der Waals surface area contributed by atoms with Crippen molar-refractivity contribution in [2.45, 2.75) is 26.8 Å². The zero-order chi connectivity index (χ0) is 10.9. The Morgan fingerprint density at radius 3 is 2.36 bits per heavy atom. The summed E-state index contributed by atoms with van der Waals surface area (Å²) in [5.41, 5.74) is 6.30. The van der Waals surface area contributed by atoms with E-state index in [2.05, 4.69) is 0 Å². The lowest BCUT2D eigenvalue weighted by Crippen LogP contribution is -2.27. The molecule has 78 valence electrons. The predicted octanol–water partition coefficient (Wildman–Crippen LogP) is 3.53. The number of hydrogen-bond donors (Lipinski definition) is 1. The van der Waals surface area contributed by atoms with Gasteiger partial charge in [-0.25, -0.2) is 4.39 Å². The third-order valence-electron chi connectivity index (χ3n) is 2.23. The zero-order valence-corrected chi connectivity index (χ0v) is 9.40. The third-order valence-corrected chi connectivity index (χ3v) is 2.47. The highest BCUT2D eigenvalue weighted by Gasteiger charge is 2.24. The molecule has 0 spiro atoms. The number of hydrogen-bond acceptors (Lipinski definition) is 1. The normalized spacial score (nSPS) is 14.1. The lowest BCUT2D eigenvalue weighted by Gasteiger charge is -2.27. The van der Waals surface area contributed by atoms with Gasteiger partial charge >= 0.3 is 0 Å². The van der Waals surface area contributed by atoms with E-state index in [1.54, 1.807) is 12.1 Å². The molecule has 1 aromatic rings. The van der Waals surface area contributed by atoms with E-state index in [0.29, 0.717) is 10.6 Å². The van der Waals surface area contributed by atoms with Gasteiger partial charge in [-0.05, 0) is 17.5 Å². The highest BCUT2D eigenvalue weighted by Crippen LogP contribution is 2.32. The molecule has 14 heavy (non-hydrogen) atoms. The van der Waals surface area contributed by atoms with Gasteiger partial charge in [-0.15, -0.1) is 0 Å². The summed E-state index contributed by atoms with van der Waals surface area (Å²) in [6.45, 7) is 5.93. The van der Waals surface area contributed by atoms with Crippen LogP contribution in [-0.2, 0) is 0 Å². The Kier molecular flexibility index (Phi) is 3.17. The van der Waals surface area contributed by atoms with Crippen LogP contribution in [0.4, 0.5) is 4.39 Å². The summed E-state index contributed by atoms with van der Waals surface area (Å²) in [4.78, 5) is 0. The maximum absolute atomic E-state index is 13.5. The second-order valence-corrected chi connectivity index (χ2v) is 4.95. The molecule has 0 radical (unpaired) electrons. The van der Waals surface area contributed by atoms with Gasteiger partial charge in [0.2, 0.25) is 0 Å². The van der Waals surface area contributed by atoms with Crippen molar-refractivity contribution in [3.63, 3.8) is 0 Å². The Morgan fingerprint density at radius 2 is 1.93 bits per heavy atom. The second kappa shape index (κ2) is 3.87. The molecule has 0 aliphatic heterocycles. The van der Waals surface area contributed by atoms with E-state index in [-0.39, 0.29) is 17.3 Å². The van der Waals surface area contributed by atoms with Crippen LogP contribution in [0.2, 0.25) is 5.02 Å². The minimum absolute atomic E-state index is 0.158. The maximum atomic E-state index is 13.5. The monoisotopic (exact) mass is 215 g/mol. The molecule has 0 unspecified atom stereocenters. The van der Waals surface area contributed by atoms with E-state index < -0.39 is 0 Å². The maximum Gasteiger partial charge on any atom is 0.129 e. The van der Waals surface area contributed by atoms with Gasteiger partial charge in [-0.1, -0.05) is 38.4 Å². The topological polar surface area (TPSA) is 26.0 Å². The van der Waals surface area contributed by atoms with Gasteiger partial charge in [-0.3, -0.25) is 0 Å². The van der Waals surface area contributed by atoms with Crippen LogP contribution in [0.15, 0.2) is 18.2 Å². The molecule has 1 atom stereocenters. The molecule has 0 aromatic heterocycles. The van der Waals surface area contributed by atoms with Crippen molar-refractivity contribution in [1.82, 2.24) is 0 Å². The number of benzene rings is 1. The van der Waals surface area contributed by atoms with Crippen LogP contribution in [0.1, 0.15) is 32.4 Å². The molecule has 1 nitrogen and oxygen atoms in total. The average molecular weight is 216 g/mol. The van der Waals surface area contributed by atoms with Gasteiger partial charge in [-0.2, -0.15) is 0 Å². The van der Waals surface area contributed by atoms with Gasteiger partial charge < -0.3 is 5.73 Å². The molecule has 0 aliphatic rings. The van der Waals surface area contributed by atoms with Crippen molar-refractivity contribution in [3.8, 4) is 0 Å². The van der Waals surface area contributed by atoms with Gasteiger partial charge in [0.1, 0.15) is 5.82 Å².